The van der Waals surface area contributed by atoms with Crippen LogP contribution in [0.25, 0.3) is 0 Å². The summed E-state index contributed by atoms with van der Waals surface area (Å²) in [5.41, 5.74) is 0. The van der Waals surface area contributed by atoms with Crippen LogP contribution in [0.3, 0.4) is 0 Å². The van der Waals surface area contributed by atoms with Crippen molar-refractivity contribution in [2.45, 2.75) is 217 Å². The van der Waals surface area contributed by atoms with Gasteiger partial charge in [0.1, 0.15) is 134 Å². The lowest BCUT2D eigenvalue weighted by molar-refractivity contribution is -0.394. The number of carboxylic acid groups (broad SMARTS) is 1. The Labute approximate surface area is 441 Å². The van der Waals surface area contributed by atoms with Crippen LogP contribution in [0.1, 0.15) is 27.2 Å². The van der Waals surface area contributed by atoms with Crippen molar-refractivity contribution in [1.29, 1.82) is 0 Å². The van der Waals surface area contributed by atoms with E-state index in [1.807, 2.05) is 0 Å². The molecule has 31 atom stereocenters. The van der Waals surface area contributed by atoms with Crippen molar-refractivity contribution < 1.29 is 164 Å². The molecule has 6 saturated heterocycles. The lowest BCUT2D eigenvalue weighted by Crippen LogP contribution is -2.71. The average molecular weight is 1150 g/mol. The fourth-order valence-electron chi connectivity index (χ4n) is 9.85. The van der Waals surface area contributed by atoms with Crippen molar-refractivity contribution in [3.05, 3.63) is 0 Å². The molecule has 0 aromatic rings. The van der Waals surface area contributed by atoms with Gasteiger partial charge in [-0.1, -0.05) is 0 Å². The number of rotatable bonds is 20. The molecule has 6 aliphatic heterocycles. The Hall–Kier alpha value is -2.75. The predicted molar refractivity (Wildman–Crippen MR) is 238 cm³/mol. The molecule has 6 aliphatic rings. The zero-order valence-electron chi connectivity index (χ0n) is 41.8. The number of amides is 2. The maximum absolute atomic E-state index is 13.1. The van der Waals surface area contributed by atoms with Crippen LogP contribution in [0.2, 0.25) is 0 Å². The SMILES string of the molecule is CC(=O)N[C@H]1[C@H](O[C@H]2[C@@H](O)[C@@H](CO[C@]3(C(=O)O)C[C@H](O)[C@@H](NC(C)=O)[C@H]([C@H](O)[C@H](O)CO)O3)O[C@@H](O[C@H]3[C@H](O)[C@@H](O)C(O)O[C@@H]3CO)[C@@H]2O)O[C@H](CO)[C@@H](O[C@@H]2O[C@H](CO)[C@H](O)[C@H](O)[C@H]2O)[C@@H]1O[C@@H]1O[C@@H](C)[C@@H](O)[C@@H](O)[C@@H]1O. The second kappa shape index (κ2) is 27.1. The summed E-state index contributed by atoms with van der Waals surface area (Å²) in [6.07, 6.45) is -57.8. The molecule has 0 aromatic heterocycles. The summed E-state index contributed by atoms with van der Waals surface area (Å²) in [7, 11) is 0. The summed E-state index contributed by atoms with van der Waals surface area (Å²) in [5.74, 6) is -6.93. The molecule has 35 heteroatoms. The van der Waals surface area contributed by atoms with E-state index in [1.165, 1.54) is 6.92 Å². The van der Waals surface area contributed by atoms with Gasteiger partial charge in [-0.15, -0.1) is 0 Å². The molecule has 0 aliphatic carbocycles. The summed E-state index contributed by atoms with van der Waals surface area (Å²) >= 11 is 0. The van der Waals surface area contributed by atoms with Crippen LogP contribution in [0.5, 0.6) is 0 Å². The normalized spacial score (nSPS) is 48.1. The first-order chi connectivity index (χ1) is 36.6. The van der Waals surface area contributed by atoms with Crippen LogP contribution in [-0.2, 0) is 66.5 Å². The molecule has 6 fully saturated rings. The fourth-order valence-corrected chi connectivity index (χ4v) is 9.85. The topological polar surface area (TPSA) is 561 Å². The average Bonchev–Trinajstić information content (AvgIpc) is 3.42. The Morgan fingerprint density at radius 2 is 1.04 bits per heavy atom. The Bertz CT molecular complexity index is 1950. The predicted octanol–water partition coefficient (Wildman–Crippen LogP) is -13.6. The number of ether oxygens (including phenoxy) is 11. The number of carboxylic acids is 1. The smallest absolute Gasteiger partial charge is 0.364 e. The van der Waals surface area contributed by atoms with Crippen LogP contribution in [0.4, 0.5) is 0 Å². The maximum Gasteiger partial charge on any atom is 0.364 e. The molecule has 452 valence electrons. The standard InChI is InChI=1S/C43H72N2O33/c1-10-21(54)25(58)29(62)39(69-10)76-35-20(45-12(3)51)38(72-17(8-49)33(35)75-40-30(63)26(59)23(56)15(6-47)71-40)77-36-24(57)18(73-41(31(36)64)74-32-16(7-48)70-37(65)28(61)27(32)60)9-68-43(42(66)67)4-13(52)19(44-11(2)50)34(78-43)22(55)14(53)5-46/h10,13-41,46-49,52-65H,4-9H2,1-3H3,(H,44,50)(H,45,51)(H,66,67)/t10-,13-,14+,15+,16+,17+,18+,19+,20+,21+,22+,23-,24-,25+,26-,27+,28+,29-,30+,31+,32+,33+,34+,35+,36-,37?,38-,39-,40-,41-,43+/m0/s1. The lowest BCUT2D eigenvalue weighted by atomic mass is 9.88. The molecule has 2 amide bonds. The van der Waals surface area contributed by atoms with E-state index in [-0.39, 0.29) is 0 Å². The highest BCUT2D eigenvalue weighted by molar-refractivity contribution is 5.76. The van der Waals surface area contributed by atoms with Crippen LogP contribution in [-0.4, -0.2) is 338 Å². The maximum atomic E-state index is 13.1. The molecule has 0 aromatic carbocycles. The summed E-state index contributed by atoms with van der Waals surface area (Å²) in [6.45, 7) is -2.34. The minimum atomic E-state index is -3.11. The minimum absolute atomic E-state index is 0.828. The van der Waals surface area contributed by atoms with Gasteiger partial charge in [0.15, 0.2) is 31.5 Å². The Balaban J connectivity index is 1.40. The van der Waals surface area contributed by atoms with Gasteiger partial charge in [0.25, 0.3) is 5.79 Å². The molecule has 0 saturated carbocycles. The number of carbonyl (C=O) groups excluding carboxylic acids is 2. The first-order valence-electron chi connectivity index (χ1n) is 24.6. The van der Waals surface area contributed by atoms with Crippen molar-refractivity contribution >= 4 is 17.8 Å². The molecule has 6 heterocycles. The van der Waals surface area contributed by atoms with Crippen LogP contribution < -0.4 is 10.6 Å². The van der Waals surface area contributed by atoms with Crippen molar-refractivity contribution in [2.75, 3.05) is 33.0 Å². The Kier molecular flexibility index (Phi) is 22.4. The van der Waals surface area contributed by atoms with Gasteiger partial charge in [0.2, 0.25) is 11.8 Å². The number of aliphatic hydroxyl groups is 18. The third-order valence-electron chi connectivity index (χ3n) is 14.2. The third-order valence-corrected chi connectivity index (χ3v) is 14.2. The van der Waals surface area contributed by atoms with E-state index in [9.17, 15) is 111 Å². The third kappa shape index (κ3) is 13.7. The first-order valence-corrected chi connectivity index (χ1v) is 24.6. The highest BCUT2D eigenvalue weighted by Crippen LogP contribution is 2.39. The van der Waals surface area contributed by atoms with Gasteiger partial charge in [-0.3, -0.25) is 9.59 Å². The summed E-state index contributed by atoms with van der Waals surface area (Å²) in [5, 5.41) is 208. The molecular formula is C43H72N2O33. The van der Waals surface area contributed by atoms with Crippen LogP contribution in [0.15, 0.2) is 0 Å². The quantitative estimate of drug-likeness (QED) is 0.0538. The second-order valence-electron chi connectivity index (χ2n) is 19.7. The molecule has 0 radical (unpaired) electrons. The van der Waals surface area contributed by atoms with Gasteiger partial charge in [0.05, 0.1) is 51.3 Å². The van der Waals surface area contributed by atoms with E-state index in [2.05, 4.69) is 10.6 Å². The van der Waals surface area contributed by atoms with E-state index in [0.29, 0.717) is 0 Å². The zero-order valence-corrected chi connectivity index (χ0v) is 41.8. The second-order valence-corrected chi connectivity index (χ2v) is 19.7. The van der Waals surface area contributed by atoms with Crippen LogP contribution in [0, 0.1) is 0 Å². The van der Waals surface area contributed by atoms with Gasteiger partial charge in [-0.2, -0.15) is 0 Å². The molecule has 6 rings (SSSR count). The molecule has 0 bridgehead atoms. The molecule has 35 nitrogen and oxygen atoms in total. The van der Waals surface area contributed by atoms with Crippen molar-refractivity contribution in [3.8, 4) is 0 Å². The van der Waals surface area contributed by atoms with E-state index in [0.717, 1.165) is 13.8 Å². The van der Waals surface area contributed by atoms with E-state index in [1.54, 1.807) is 0 Å². The molecule has 21 N–H and O–H groups in total. The number of aliphatic hydroxyl groups excluding tert-OH is 18. The van der Waals surface area contributed by atoms with Gasteiger partial charge < -0.3 is 160 Å². The number of aliphatic carboxylic acids is 1. The van der Waals surface area contributed by atoms with E-state index in [4.69, 9.17) is 52.1 Å². The minimum Gasteiger partial charge on any atom is -0.477 e. The summed E-state index contributed by atoms with van der Waals surface area (Å²) < 4.78 is 63.7. The fraction of sp³-hybridized carbons (Fsp3) is 0.930. The van der Waals surface area contributed by atoms with Crippen LogP contribution >= 0.6 is 0 Å². The highest BCUT2D eigenvalue weighted by Gasteiger charge is 2.60. The summed E-state index contributed by atoms with van der Waals surface area (Å²) in [6, 6.07) is -3.61. The van der Waals surface area contributed by atoms with Crippen molar-refractivity contribution in [3.63, 3.8) is 0 Å². The number of nitrogens with one attached hydrogen (secondary N) is 2. The number of hydrogen-bond donors (Lipinski definition) is 21. The number of hydrogen-bond acceptors (Lipinski definition) is 32. The summed E-state index contributed by atoms with van der Waals surface area (Å²) in [4.78, 5) is 38.3. The molecule has 1 unspecified atom stereocenters. The Morgan fingerprint density at radius 3 is 1.62 bits per heavy atom. The van der Waals surface area contributed by atoms with Gasteiger partial charge in [0, 0.05) is 20.3 Å². The van der Waals surface area contributed by atoms with Gasteiger partial charge >= 0.3 is 5.97 Å². The van der Waals surface area contributed by atoms with Crippen molar-refractivity contribution in [1.82, 2.24) is 10.6 Å². The van der Waals surface area contributed by atoms with Gasteiger partial charge in [-0.25, -0.2) is 4.79 Å². The monoisotopic (exact) mass is 1140 g/mol. The van der Waals surface area contributed by atoms with E-state index >= 15 is 0 Å². The van der Waals surface area contributed by atoms with E-state index < -0.39 is 247 Å². The lowest BCUT2D eigenvalue weighted by Gasteiger charge is -2.52. The Morgan fingerprint density at radius 1 is 0.538 bits per heavy atom. The molecule has 78 heavy (non-hydrogen) atoms. The molecular weight excluding hydrogens is 1070 g/mol. The van der Waals surface area contributed by atoms with Crippen molar-refractivity contribution in [2.24, 2.45) is 0 Å². The van der Waals surface area contributed by atoms with Gasteiger partial charge in [-0.05, 0) is 6.92 Å². The largest absolute Gasteiger partial charge is 0.477 e. The zero-order chi connectivity index (χ0) is 58.0. The highest BCUT2D eigenvalue weighted by atomic mass is 16.8. The number of carbonyl (C=O) groups is 3. The first kappa shape index (κ1) is 64.4. The molecule has 0 spiro atoms.